The monoisotopic (exact) mass is 340 g/mol. The summed E-state index contributed by atoms with van der Waals surface area (Å²) in [6, 6.07) is 8.05. The minimum atomic E-state index is -0.506. The summed E-state index contributed by atoms with van der Waals surface area (Å²) >= 11 is 3.39. The van der Waals surface area contributed by atoms with Gasteiger partial charge in [-0.25, -0.2) is 0 Å². The van der Waals surface area contributed by atoms with Crippen LogP contribution in [-0.2, 0) is 14.3 Å². The Morgan fingerprint density at radius 1 is 1.35 bits per heavy atom. The molecule has 0 unspecified atom stereocenters. The van der Waals surface area contributed by atoms with E-state index in [-0.39, 0.29) is 18.4 Å². The molecule has 0 heterocycles. The highest BCUT2D eigenvalue weighted by molar-refractivity contribution is 9.10. The molecule has 5 nitrogen and oxygen atoms in total. The van der Waals surface area contributed by atoms with Gasteiger partial charge in [-0.3, -0.25) is 9.59 Å². The van der Waals surface area contributed by atoms with E-state index in [1.54, 1.807) is 0 Å². The minimum absolute atomic E-state index is 0.0422. The normalized spacial score (nSPS) is 20.4. The summed E-state index contributed by atoms with van der Waals surface area (Å²) < 4.78 is 6.01. The third-order valence-corrected chi connectivity index (χ3v) is 3.74. The van der Waals surface area contributed by atoms with E-state index in [0.717, 1.165) is 10.9 Å². The van der Waals surface area contributed by atoms with Crippen molar-refractivity contribution < 1.29 is 14.3 Å². The lowest BCUT2D eigenvalue weighted by Gasteiger charge is -2.05. The summed E-state index contributed by atoms with van der Waals surface area (Å²) in [5.41, 5.74) is 6.12. The van der Waals surface area contributed by atoms with Crippen LogP contribution in [0.25, 0.3) is 0 Å². The van der Waals surface area contributed by atoms with Crippen LogP contribution in [0.4, 0.5) is 0 Å². The molecule has 1 fully saturated rings. The Labute approximate surface area is 126 Å². The van der Waals surface area contributed by atoms with Crippen LogP contribution in [0.2, 0.25) is 0 Å². The Morgan fingerprint density at radius 3 is 2.70 bits per heavy atom. The van der Waals surface area contributed by atoms with Gasteiger partial charge in [0.25, 0.3) is 0 Å². The highest BCUT2D eigenvalue weighted by atomic mass is 79.9. The first-order valence-corrected chi connectivity index (χ1v) is 7.26. The van der Waals surface area contributed by atoms with E-state index in [4.69, 9.17) is 10.5 Å². The van der Waals surface area contributed by atoms with Crippen molar-refractivity contribution in [3.63, 3.8) is 0 Å². The van der Waals surface area contributed by atoms with Crippen LogP contribution in [0.3, 0.4) is 0 Å². The molecule has 0 aromatic heterocycles. The molecule has 0 radical (unpaired) electrons. The zero-order valence-electron chi connectivity index (χ0n) is 11.0. The van der Waals surface area contributed by atoms with Crippen molar-refractivity contribution in [2.75, 3.05) is 19.8 Å². The van der Waals surface area contributed by atoms with Crippen molar-refractivity contribution >= 4 is 27.7 Å². The molecule has 0 spiro atoms. The predicted molar refractivity (Wildman–Crippen MR) is 78.0 cm³/mol. The minimum Gasteiger partial charge on any atom is -0.370 e. The third-order valence-electron chi connectivity index (χ3n) is 3.22. The maximum absolute atomic E-state index is 11.9. The van der Waals surface area contributed by atoms with E-state index < -0.39 is 5.91 Å². The van der Waals surface area contributed by atoms with E-state index >= 15 is 0 Å². The summed E-state index contributed by atoms with van der Waals surface area (Å²) in [5, 5.41) is 2.80. The van der Waals surface area contributed by atoms with Gasteiger partial charge in [0.05, 0.1) is 6.61 Å². The van der Waals surface area contributed by atoms with Gasteiger partial charge >= 0.3 is 0 Å². The van der Waals surface area contributed by atoms with Gasteiger partial charge in [0.15, 0.2) is 0 Å². The molecule has 2 rings (SSSR count). The smallest absolute Gasteiger partial charge is 0.243 e. The number of carbonyl (C=O) groups excluding carboxylic acids is 2. The third kappa shape index (κ3) is 4.31. The van der Waals surface area contributed by atoms with E-state index in [1.807, 2.05) is 24.3 Å². The van der Waals surface area contributed by atoms with Crippen molar-refractivity contribution in [1.82, 2.24) is 5.32 Å². The SMILES string of the molecule is NC(=O)COCCNC(=O)[C@@H]1C[C@@H]1c1ccc(Br)cc1. The lowest BCUT2D eigenvalue weighted by Crippen LogP contribution is -2.30. The van der Waals surface area contributed by atoms with Gasteiger partial charge < -0.3 is 15.8 Å². The highest BCUT2D eigenvalue weighted by Crippen LogP contribution is 2.47. The van der Waals surface area contributed by atoms with E-state index in [9.17, 15) is 9.59 Å². The zero-order chi connectivity index (χ0) is 14.5. The fraction of sp³-hybridized carbons (Fsp3) is 0.429. The summed E-state index contributed by atoms with van der Waals surface area (Å²) in [7, 11) is 0. The van der Waals surface area contributed by atoms with Crippen LogP contribution in [-0.4, -0.2) is 31.6 Å². The fourth-order valence-electron chi connectivity index (χ4n) is 2.11. The zero-order valence-corrected chi connectivity index (χ0v) is 12.6. The fourth-order valence-corrected chi connectivity index (χ4v) is 2.38. The molecule has 3 N–H and O–H groups in total. The van der Waals surface area contributed by atoms with Crippen LogP contribution < -0.4 is 11.1 Å². The molecule has 1 aliphatic rings. The Hall–Kier alpha value is -1.40. The van der Waals surface area contributed by atoms with Crippen LogP contribution in [0.5, 0.6) is 0 Å². The Bertz CT molecular complexity index is 490. The second kappa shape index (κ2) is 6.85. The largest absolute Gasteiger partial charge is 0.370 e. The lowest BCUT2D eigenvalue weighted by molar-refractivity contribution is -0.123. The number of amides is 2. The summed E-state index contributed by atoms with van der Waals surface area (Å²) in [4.78, 5) is 22.3. The molecule has 20 heavy (non-hydrogen) atoms. The lowest BCUT2D eigenvalue weighted by atomic mass is 10.1. The first kappa shape index (κ1) is 15.0. The molecule has 1 saturated carbocycles. The number of hydrogen-bond acceptors (Lipinski definition) is 3. The average molecular weight is 341 g/mol. The Balaban J connectivity index is 1.68. The van der Waals surface area contributed by atoms with Crippen molar-refractivity contribution in [2.45, 2.75) is 12.3 Å². The number of nitrogens with two attached hydrogens (primary N) is 1. The highest BCUT2D eigenvalue weighted by Gasteiger charge is 2.43. The van der Waals surface area contributed by atoms with Gasteiger partial charge in [0.2, 0.25) is 11.8 Å². The number of carbonyl (C=O) groups is 2. The van der Waals surface area contributed by atoms with Gasteiger partial charge in [0, 0.05) is 16.9 Å². The quantitative estimate of drug-likeness (QED) is 0.731. The van der Waals surface area contributed by atoms with Gasteiger partial charge in [-0.05, 0) is 30.0 Å². The number of ether oxygens (including phenoxy) is 1. The summed E-state index contributed by atoms with van der Waals surface area (Å²) in [5.74, 6) is -0.101. The Morgan fingerprint density at radius 2 is 2.05 bits per heavy atom. The molecule has 2 atom stereocenters. The average Bonchev–Trinajstić information content (AvgIpc) is 3.19. The van der Waals surface area contributed by atoms with Gasteiger partial charge in [-0.2, -0.15) is 0 Å². The number of rotatable bonds is 7. The molecule has 2 amide bonds. The van der Waals surface area contributed by atoms with Crippen LogP contribution in [0.15, 0.2) is 28.7 Å². The van der Waals surface area contributed by atoms with Crippen molar-refractivity contribution in [3.8, 4) is 0 Å². The molecule has 6 heteroatoms. The van der Waals surface area contributed by atoms with Crippen LogP contribution in [0.1, 0.15) is 17.9 Å². The maximum atomic E-state index is 11.9. The van der Waals surface area contributed by atoms with Gasteiger partial charge in [0.1, 0.15) is 6.61 Å². The second-order valence-electron chi connectivity index (χ2n) is 4.81. The van der Waals surface area contributed by atoms with E-state index in [1.165, 1.54) is 5.56 Å². The number of nitrogens with one attached hydrogen (secondary N) is 1. The molecule has 0 saturated heterocycles. The maximum Gasteiger partial charge on any atom is 0.243 e. The molecule has 1 aromatic carbocycles. The first-order chi connectivity index (χ1) is 9.58. The first-order valence-electron chi connectivity index (χ1n) is 6.47. The Kier molecular flexibility index (Phi) is 5.14. The molecular weight excluding hydrogens is 324 g/mol. The molecule has 0 aliphatic heterocycles. The number of primary amides is 1. The van der Waals surface area contributed by atoms with Crippen molar-refractivity contribution in [3.05, 3.63) is 34.3 Å². The summed E-state index contributed by atoms with van der Waals surface area (Å²) in [6.45, 7) is 0.584. The second-order valence-corrected chi connectivity index (χ2v) is 5.73. The molecule has 1 aliphatic carbocycles. The van der Waals surface area contributed by atoms with Gasteiger partial charge in [-0.15, -0.1) is 0 Å². The number of benzene rings is 1. The van der Waals surface area contributed by atoms with Crippen molar-refractivity contribution in [2.24, 2.45) is 11.7 Å². The molecular formula is C14H17BrN2O3. The molecule has 1 aromatic rings. The van der Waals surface area contributed by atoms with Crippen LogP contribution >= 0.6 is 15.9 Å². The molecule has 108 valence electrons. The summed E-state index contributed by atoms with van der Waals surface area (Å²) in [6.07, 6.45) is 0.885. The van der Waals surface area contributed by atoms with E-state index in [0.29, 0.717) is 19.1 Å². The van der Waals surface area contributed by atoms with E-state index in [2.05, 4.69) is 21.2 Å². The van der Waals surface area contributed by atoms with Crippen LogP contribution in [0, 0.1) is 5.92 Å². The molecule has 0 bridgehead atoms. The van der Waals surface area contributed by atoms with Gasteiger partial charge in [-0.1, -0.05) is 28.1 Å². The number of hydrogen-bond donors (Lipinski definition) is 2. The topological polar surface area (TPSA) is 81.4 Å². The van der Waals surface area contributed by atoms with Crippen molar-refractivity contribution in [1.29, 1.82) is 0 Å². The predicted octanol–water partition coefficient (Wildman–Crippen LogP) is 1.17. The number of halogens is 1. The standard InChI is InChI=1S/C14H17BrN2O3/c15-10-3-1-9(2-4-10)11-7-12(11)14(19)17-5-6-20-8-13(16)18/h1-4,11-12H,5-8H2,(H2,16,18)(H,17,19)/t11-,12-/m1/s1.